The number of ketones is 1. The highest BCUT2D eigenvalue weighted by atomic mass is 16.1. The molecule has 0 fully saturated rings. The topological polar surface area (TPSA) is 29.4 Å². The van der Waals surface area contributed by atoms with Crippen molar-refractivity contribution < 1.29 is 4.79 Å². The van der Waals surface area contributed by atoms with E-state index >= 15 is 0 Å². The van der Waals surface area contributed by atoms with E-state index in [1.54, 1.807) is 7.05 Å². The SMILES string of the molecule is CCC(=NC)C(C)=O. The summed E-state index contributed by atoms with van der Waals surface area (Å²) in [5.74, 6) is 0.0787. The Labute approximate surface area is 49.6 Å². The van der Waals surface area contributed by atoms with Crippen LogP contribution in [0.15, 0.2) is 4.99 Å². The monoisotopic (exact) mass is 113 g/mol. The largest absolute Gasteiger partial charge is 0.293 e. The molecule has 0 bridgehead atoms. The Hall–Kier alpha value is -0.660. The predicted octanol–water partition coefficient (Wildman–Crippen LogP) is 1.06. The van der Waals surface area contributed by atoms with E-state index in [9.17, 15) is 4.79 Å². The van der Waals surface area contributed by atoms with E-state index in [4.69, 9.17) is 0 Å². The molecule has 0 aromatic heterocycles. The van der Waals surface area contributed by atoms with Gasteiger partial charge in [0.05, 0.1) is 5.71 Å². The molecular weight excluding hydrogens is 102 g/mol. The Balaban J connectivity index is 3.92. The Morgan fingerprint density at radius 2 is 2.12 bits per heavy atom. The van der Waals surface area contributed by atoms with E-state index in [-0.39, 0.29) is 5.78 Å². The molecule has 0 unspecified atom stereocenters. The quantitative estimate of drug-likeness (QED) is 0.492. The molecule has 0 saturated heterocycles. The lowest BCUT2D eigenvalue weighted by molar-refractivity contribution is -0.111. The summed E-state index contributed by atoms with van der Waals surface area (Å²) in [5.41, 5.74) is 0.671. The van der Waals surface area contributed by atoms with Crippen LogP contribution >= 0.6 is 0 Å². The van der Waals surface area contributed by atoms with Crippen LogP contribution in [0.3, 0.4) is 0 Å². The first-order chi connectivity index (χ1) is 3.72. The number of Topliss-reactive ketones (excluding diaryl/α,β-unsaturated/α-hetero) is 1. The van der Waals surface area contributed by atoms with Crippen molar-refractivity contribution in [2.45, 2.75) is 20.3 Å². The van der Waals surface area contributed by atoms with Gasteiger partial charge in [0.2, 0.25) is 0 Å². The van der Waals surface area contributed by atoms with Crippen molar-refractivity contribution in [3.63, 3.8) is 0 Å². The third-order valence-corrected chi connectivity index (χ3v) is 1.01. The van der Waals surface area contributed by atoms with Crippen LogP contribution in [-0.4, -0.2) is 18.5 Å². The summed E-state index contributed by atoms with van der Waals surface area (Å²) in [6.45, 7) is 3.45. The van der Waals surface area contributed by atoms with Gasteiger partial charge in [-0.25, -0.2) is 0 Å². The van der Waals surface area contributed by atoms with Crippen molar-refractivity contribution in [3.8, 4) is 0 Å². The van der Waals surface area contributed by atoms with Gasteiger partial charge in [-0.05, 0) is 6.42 Å². The standard InChI is InChI=1S/C6H11NO/c1-4-6(7-3)5(2)8/h4H2,1-3H3. The van der Waals surface area contributed by atoms with Gasteiger partial charge in [-0.15, -0.1) is 0 Å². The molecule has 0 aromatic carbocycles. The first kappa shape index (κ1) is 7.34. The number of carbonyl (C=O) groups excluding carboxylic acids is 1. The Bertz CT molecular complexity index is 116. The zero-order valence-corrected chi connectivity index (χ0v) is 5.56. The predicted molar refractivity (Wildman–Crippen MR) is 34.3 cm³/mol. The molecule has 0 spiro atoms. The fourth-order valence-corrected chi connectivity index (χ4v) is 0.565. The molecule has 0 heterocycles. The van der Waals surface area contributed by atoms with Gasteiger partial charge in [-0.2, -0.15) is 0 Å². The van der Waals surface area contributed by atoms with Gasteiger partial charge in [-0.1, -0.05) is 6.92 Å². The van der Waals surface area contributed by atoms with E-state index in [2.05, 4.69) is 4.99 Å². The molecule has 0 N–H and O–H groups in total. The molecular formula is C6H11NO. The summed E-state index contributed by atoms with van der Waals surface area (Å²) in [6, 6.07) is 0. The van der Waals surface area contributed by atoms with Gasteiger partial charge in [0.15, 0.2) is 5.78 Å². The average Bonchev–Trinajstić information content (AvgIpc) is 1.69. The molecule has 0 aliphatic rings. The highest BCUT2D eigenvalue weighted by molar-refractivity contribution is 6.38. The summed E-state index contributed by atoms with van der Waals surface area (Å²) in [7, 11) is 1.64. The zero-order valence-electron chi connectivity index (χ0n) is 5.56. The molecule has 2 heteroatoms. The van der Waals surface area contributed by atoms with Gasteiger partial charge in [-0.3, -0.25) is 9.79 Å². The highest BCUT2D eigenvalue weighted by Crippen LogP contribution is 1.84. The molecule has 0 aromatic rings. The van der Waals surface area contributed by atoms with E-state index < -0.39 is 0 Å². The smallest absolute Gasteiger partial charge is 0.173 e. The maximum Gasteiger partial charge on any atom is 0.173 e. The lowest BCUT2D eigenvalue weighted by Gasteiger charge is -1.91. The van der Waals surface area contributed by atoms with Crippen LogP contribution in [0.4, 0.5) is 0 Å². The minimum Gasteiger partial charge on any atom is -0.293 e. The first-order valence-corrected chi connectivity index (χ1v) is 2.69. The molecule has 0 saturated carbocycles. The molecule has 0 atom stereocenters. The summed E-state index contributed by atoms with van der Waals surface area (Å²) in [6.07, 6.45) is 0.742. The fraction of sp³-hybridized carbons (Fsp3) is 0.667. The van der Waals surface area contributed by atoms with E-state index in [0.717, 1.165) is 6.42 Å². The maximum atomic E-state index is 10.5. The van der Waals surface area contributed by atoms with Crippen LogP contribution in [0.1, 0.15) is 20.3 Å². The summed E-state index contributed by atoms with van der Waals surface area (Å²) >= 11 is 0. The van der Waals surface area contributed by atoms with Crippen LogP contribution in [-0.2, 0) is 4.79 Å². The number of rotatable bonds is 2. The second kappa shape index (κ2) is 3.36. The van der Waals surface area contributed by atoms with Crippen LogP contribution in [0.5, 0.6) is 0 Å². The molecule has 0 radical (unpaired) electrons. The van der Waals surface area contributed by atoms with Gasteiger partial charge in [0.1, 0.15) is 0 Å². The third kappa shape index (κ3) is 1.87. The van der Waals surface area contributed by atoms with Gasteiger partial charge in [0, 0.05) is 14.0 Å². The minimum absolute atomic E-state index is 0.0787. The molecule has 2 nitrogen and oxygen atoms in total. The number of aliphatic imine (C=N–C) groups is 1. The average molecular weight is 113 g/mol. The van der Waals surface area contributed by atoms with Gasteiger partial charge in [0.25, 0.3) is 0 Å². The Morgan fingerprint density at radius 1 is 1.62 bits per heavy atom. The molecule has 0 aliphatic carbocycles. The molecule has 0 aliphatic heterocycles. The molecule has 8 heavy (non-hydrogen) atoms. The lowest BCUT2D eigenvalue weighted by Crippen LogP contribution is -2.07. The minimum atomic E-state index is 0.0787. The summed E-state index contributed by atoms with van der Waals surface area (Å²) < 4.78 is 0. The van der Waals surface area contributed by atoms with Gasteiger partial charge < -0.3 is 0 Å². The zero-order chi connectivity index (χ0) is 6.57. The second-order valence-corrected chi connectivity index (χ2v) is 1.58. The third-order valence-electron chi connectivity index (χ3n) is 1.01. The van der Waals surface area contributed by atoms with Crippen LogP contribution in [0.25, 0.3) is 0 Å². The molecule has 0 amide bonds. The number of hydrogen-bond acceptors (Lipinski definition) is 2. The van der Waals surface area contributed by atoms with Crippen molar-refractivity contribution in [2.24, 2.45) is 4.99 Å². The molecule has 0 rings (SSSR count). The summed E-state index contributed by atoms with van der Waals surface area (Å²) in [5, 5.41) is 0. The number of nitrogens with zero attached hydrogens (tertiary/aromatic N) is 1. The fourth-order valence-electron chi connectivity index (χ4n) is 0.565. The van der Waals surface area contributed by atoms with Crippen molar-refractivity contribution in [1.29, 1.82) is 0 Å². The first-order valence-electron chi connectivity index (χ1n) is 2.69. The van der Waals surface area contributed by atoms with E-state index in [0.29, 0.717) is 5.71 Å². The van der Waals surface area contributed by atoms with Crippen LogP contribution in [0.2, 0.25) is 0 Å². The van der Waals surface area contributed by atoms with Crippen LogP contribution in [0, 0.1) is 0 Å². The maximum absolute atomic E-state index is 10.5. The molecule has 46 valence electrons. The summed E-state index contributed by atoms with van der Waals surface area (Å²) in [4.78, 5) is 14.2. The second-order valence-electron chi connectivity index (χ2n) is 1.58. The van der Waals surface area contributed by atoms with Crippen molar-refractivity contribution in [3.05, 3.63) is 0 Å². The highest BCUT2D eigenvalue weighted by Gasteiger charge is 1.97. The normalized spacial score (nSPS) is 11.6. The van der Waals surface area contributed by atoms with Crippen molar-refractivity contribution >= 4 is 11.5 Å². The van der Waals surface area contributed by atoms with Crippen LogP contribution < -0.4 is 0 Å². The Morgan fingerprint density at radius 3 is 2.12 bits per heavy atom. The van der Waals surface area contributed by atoms with E-state index in [1.807, 2.05) is 6.92 Å². The van der Waals surface area contributed by atoms with Gasteiger partial charge >= 0.3 is 0 Å². The number of hydrogen-bond donors (Lipinski definition) is 0. The van der Waals surface area contributed by atoms with E-state index in [1.165, 1.54) is 6.92 Å². The Kier molecular flexibility index (Phi) is 3.08. The van der Waals surface area contributed by atoms with Crippen molar-refractivity contribution in [1.82, 2.24) is 0 Å². The lowest BCUT2D eigenvalue weighted by atomic mass is 10.2. The van der Waals surface area contributed by atoms with Crippen molar-refractivity contribution in [2.75, 3.05) is 7.05 Å². The number of carbonyl (C=O) groups is 1.